The zero-order valence-electron chi connectivity index (χ0n) is 10.9. The second-order valence-electron chi connectivity index (χ2n) is 4.75. The predicted octanol–water partition coefficient (Wildman–Crippen LogP) is 2.13. The first-order valence-electron chi connectivity index (χ1n) is 6.40. The summed E-state index contributed by atoms with van der Waals surface area (Å²) in [5.74, 6) is -0.832. The van der Waals surface area contributed by atoms with Gasteiger partial charge in [-0.05, 0) is 25.0 Å². The fourth-order valence-corrected chi connectivity index (χ4v) is 2.37. The van der Waals surface area contributed by atoms with Crippen LogP contribution < -0.4 is 5.32 Å². The van der Waals surface area contributed by atoms with Gasteiger partial charge in [0.05, 0.1) is 17.5 Å². The van der Waals surface area contributed by atoms with Gasteiger partial charge in [0.15, 0.2) is 0 Å². The SMILES string of the molecule is N#CCN1CCC(Nc2cccc(F)c2[N+](=O)[O-])CC1. The standard InChI is InChI=1S/C13H15FN4O2/c14-11-2-1-3-12(13(11)18(19)20)16-10-4-7-17(8-5-10)9-6-15/h1-3,10,16H,4-5,7-9H2. The zero-order chi connectivity index (χ0) is 14.5. The molecule has 0 aliphatic carbocycles. The molecular formula is C13H15FN4O2. The molecule has 1 heterocycles. The average molecular weight is 278 g/mol. The van der Waals surface area contributed by atoms with Crippen LogP contribution in [0.5, 0.6) is 0 Å². The summed E-state index contributed by atoms with van der Waals surface area (Å²) >= 11 is 0. The number of likely N-dealkylation sites (tertiary alicyclic amines) is 1. The Bertz CT molecular complexity index is 536. The Morgan fingerprint density at radius 1 is 1.50 bits per heavy atom. The molecule has 106 valence electrons. The molecular weight excluding hydrogens is 263 g/mol. The van der Waals surface area contributed by atoms with E-state index in [0.717, 1.165) is 32.0 Å². The third-order valence-electron chi connectivity index (χ3n) is 3.41. The van der Waals surface area contributed by atoms with Gasteiger partial charge in [0.1, 0.15) is 5.69 Å². The Hall–Kier alpha value is -2.20. The van der Waals surface area contributed by atoms with Crippen LogP contribution >= 0.6 is 0 Å². The summed E-state index contributed by atoms with van der Waals surface area (Å²) in [6, 6.07) is 6.21. The first kappa shape index (κ1) is 14.2. The molecule has 1 saturated heterocycles. The fraction of sp³-hybridized carbons (Fsp3) is 0.462. The van der Waals surface area contributed by atoms with Crippen molar-refractivity contribution < 1.29 is 9.31 Å². The monoisotopic (exact) mass is 278 g/mol. The molecule has 0 amide bonds. The molecule has 0 unspecified atom stereocenters. The molecule has 6 nitrogen and oxygen atoms in total. The summed E-state index contributed by atoms with van der Waals surface area (Å²) in [6.45, 7) is 1.91. The summed E-state index contributed by atoms with van der Waals surface area (Å²) in [4.78, 5) is 12.2. The van der Waals surface area contributed by atoms with Crippen LogP contribution in [0.3, 0.4) is 0 Å². The smallest absolute Gasteiger partial charge is 0.327 e. The van der Waals surface area contributed by atoms with Crippen LogP contribution in [0, 0.1) is 27.3 Å². The molecule has 1 N–H and O–H groups in total. The van der Waals surface area contributed by atoms with Crippen molar-refractivity contribution in [3.05, 3.63) is 34.1 Å². The third-order valence-corrected chi connectivity index (χ3v) is 3.41. The lowest BCUT2D eigenvalue weighted by atomic mass is 10.0. The largest absolute Gasteiger partial charge is 0.377 e. The number of halogens is 1. The highest BCUT2D eigenvalue weighted by Crippen LogP contribution is 2.29. The second-order valence-corrected chi connectivity index (χ2v) is 4.75. The van der Waals surface area contributed by atoms with Crippen LogP contribution in [0.15, 0.2) is 18.2 Å². The molecule has 1 aromatic carbocycles. The van der Waals surface area contributed by atoms with Crippen LogP contribution in [0.1, 0.15) is 12.8 Å². The van der Waals surface area contributed by atoms with Crippen LogP contribution in [0.4, 0.5) is 15.8 Å². The molecule has 0 aromatic heterocycles. The summed E-state index contributed by atoms with van der Waals surface area (Å²) in [5, 5.41) is 22.6. The summed E-state index contributed by atoms with van der Waals surface area (Å²) in [7, 11) is 0. The van der Waals surface area contributed by atoms with E-state index in [2.05, 4.69) is 11.4 Å². The van der Waals surface area contributed by atoms with E-state index in [4.69, 9.17) is 5.26 Å². The van der Waals surface area contributed by atoms with Crippen LogP contribution in [-0.4, -0.2) is 35.5 Å². The second kappa shape index (κ2) is 6.30. The number of hydrogen-bond donors (Lipinski definition) is 1. The highest BCUT2D eigenvalue weighted by atomic mass is 19.1. The molecule has 0 spiro atoms. The normalized spacial score (nSPS) is 16.6. The van der Waals surface area contributed by atoms with E-state index in [1.807, 2.05) is 4.90 Å². The Balaban J connectivity index is 2.03. The number of nitro groups is 1. The number of nitrogens with one attached hydrogen (secondary N) is 1. The van der Waals surface area contributed by atoms with Gasteiger partial charge in [0.2, 0.25) is 5.82 Å². The van der Waals surface area contributed by atoms with Crippen LogP contribution in [0.25, 0.3) is 0 Å². The Morgan fingerprint density at radius 3 is 2.80 bits per heavy atom. The molecule has 1 aliphatic heterocycles. The van der Waals surface area contributed by atoms with Crippen molar-refractivity contribution in [1.29, 1.82) is 5.26 Å². The lowest BCUT2D eigenvalue weighted by Crippen LogP contribution is -2.39. The Labute approximate surface area is 116 Å². The van der Waals surface area contributed by atoms with Gasteiger partial charge in [0.25, 0.3) is 0 Å². The predicted molar refractivity (Wildman–Crippen MR) is 71.8 cm³/mol. The summed E-state index contributed by atoms with van der Waals surface area (Å²) < 4.78 is 13.5. The van der Waals surface area contributed by atoms with Crippen molar-refractivity contribution in [3.8, 4) is 6.07 Å². The third kappa shape index (κ3) is 3.22. The molecule has 0 saturated carbocycles. The van der Waals surface area contributed by atoms with Gasteiger partial charge in [0, 0.05) is 19.1 Å². The van der Waals surface area contributed by atoms with Crippen molar-refractivity contribution in [2.45, 2.75) is 18.9 Å². The number of anilines is 1. The van der Waals surface area contributed by atoms with Gasteiger partial charge in [-0.1, -0.05) is 6.07 Å². The number of nitro benzene ring substituents is 1. The van der Waals surface area contributed by atoms with E-state index in [-0.39, 0.29) is 11.7 Å². The minimum atomic E-state index is -0.832. The van der Waals surface area contributed by atoms with Crippen molar-refractivity contribution in [2.75, 3.05) is 25.0 Å². The zero-order valence-corrected chi connectivity index (χ0v) is 10.9. The number of nitriles is 1. The average Bonchev–Trinajstić information content (AvgIpc) is 2.41. The molecule has 2 rings (SSSR count). The molecule has 20 heavy (non-hydrogen) atoms. The minimum absolute atomic E-state index is 0.0606. The molecule has 0 bridgehead atoms. The van der Waals surface area contributed by atoms with Gasteiger partial charge in [-0.2, -0.15) is 9.65 Å². The van der Waals surface area contributed by atoms with E-state index >= 15 is 0 Å². The molecule has 1 fully saturated rings. The lowest BCUT2D eigenvalue weighted by Gasteiger charge is -2.31. The fourth-order valence-electron chi connectivity index (χ4n) is 2.37. The minimum Gasteiger partial charge on any atom is -0.377 e. The Kier molecular flexibility index (Phi) is 4.48. The Morgan fingerprint density at radius 2 is 2.20 bits per heavy atom. The molecule has 7 heteroatoms. The number of para-hydroxylation sites is 1. The van der Waals surface area contributed by atoms with Gasteiger partial charge < -0.3 is 5.32 Å². The van der Waals surface area contributed by atoms with Gasteiger partial charge in [-0.25, -0.2) is 0 Å². The highest BCUT2D eigenvalue weighted by molar-refractivity contribution is 5.62. The molecule has 0 radical (unpaired) electrons. The molecule has 0 atom stereocenters. The maximum atomic E-state index is 13.5. The van der Waals surface area contributed by atoms with Crippen molar-refractivity contribution >= 4 is 11.4 Å². The van der Waals surface area contributed by atoms with Crippen molar-refractivity contribution in [1.82, 2.24) is 4.90 Å². The van der Waals surface area contributed by atoms with E-state index in [9.17, 15) is 14.5 Å². The van der Waals surface area contributed by atoms with E-state index in [1.165, 1.54) is 12.1 Å². The van der Waals surface area contributed by atoms with E-state index in [0.29, 0.717) is 6.54 Å². The number of benzene rings is 1. The van der Waals surface area contributed by atoms with Crippen LogP contribution in [0.2, 0.25) is 0 Å². The number of nitrogens with zero attached hydrogens (tertiary/aromatic N) is 3. The number of piperidine rings is 1. The topological polar surface area (TPSA) is 82.2 Å². The molecule has 1 aromatic rings. The molecule has 1 aliphatic rings. The quantitative estimate of drug-likeness (QED) is 0.518. The van der Waals surface area contributed by atoms with Crippen molar-refractivity contribution in [3.63, 3.8) is 0 Å². The lowest BCUT2D eigenvalue weighted by molar-refractivity contribution is -0.386. The number of hydrogen-bond acceptors (Lipinski definition) is 5. The van der Waals surface area contributed by atoms with Crippen LogP contribution in [-0.2, 0) is 0 Å². The highest BCUT2D eigenvalue weighted by Gasteiger charge is 2.24. The first-order chi connectivity index (χ1) is 9.61. The van der Waals surface area contributed by atoms with E-state index in [1.54, 1.807) is 0 Å². The number of rotatable bonds is 4. The van der Waals surface area contributed by atoms with Gasteiger partial charge in [-0.3, -0.25) is 15.0 Å². The first-order valence-corrected chi connectivity index (χ1v) is 6.40. The summed E-state index contributed by atoms with van der Waals surface area (Å²) in [5.41, 5.74) is -0.291. The maximum Gasteiger partial charge on any atom is 0.327 e. The van der Waals surface area contributed by atoms with E-state index < -0.39 is 16.4 Å². The van der Waals surface area contributed by atoms with Crippen molar-refractivity contribution in [2.24, 2.45) is 0 Å². The maximum absolute atomic E-state index is 13.5. The summed E-state index contributed by atoms with van der Waals surface area (Å²) in [6.07, 6.45) is 1.55. The van der Waals surface area contributed by atoms with Gasteiger partial charge in [-0.15, -0.1) is 0 Å². The van der Waals surface area contributed by atoms with Gasteiger partial charge >= 0.3 is 5.69 Å².